The van der Waals surface area contributed by atoms with E-state index in [4.69, 9.17) is 38.9 Å². The number of rotatable bonds is 2. The Balaban J connectivity index is 2.41. The lowest BCUT2D eigenvalue weighted by atomic mass is 10.3. The van der Waals surface area contributed by atoms with E-state index in [-0.39, 0.29) is 5.88 Å². The van der Waals surface area contributed by atoms with Gasteiger partial charge in [-0.05, 0) is 18.2 Å². The quantitative estimate of drug-likeness (QED) is 0.852. The molecule has 0 atom stereocenters. The van der Waals surface area contributed by atoms with Crippen molar-refractivity contribution in [3.05, 3.63) is 46.1 Å². The third-order valence-electron chi connectivity index (χ3n) is 2.15. The molecule has 1 aromatic heterocycles. The van der Waals surface area contributed by atoms with E-state index in [2.05, 4.69) is 4.98 Å². The summed E-state index contributed by atoms with van der Waals surface area (Å²) < 4.78 is 5.47. The maximum Gasteiger partial charge on any atom is 0.237 e. The van der Waals surface area contributed by atoms with E-state index in [1.54, 1.807) is 12.1 Å². The van der Waals surface area contributed by atoms with Gasteiger partial charge in [-0.1, -0.05) is 23.2 Å². The summed E-state index contributed by atoms with van der Waals surface area (Å²) in [5.41, 5.74) is 6.38. The van der Waals surface area contributed by atoms with Crippen LogP contribution in [0.4, 0.5) is 5.69 Å². The number of benzene rings is 1. The third kappa shape index (κ3) is 2.48. The smallest absolute Gasteiger partial charge is 0.237 e. The number of ether oxygens (including phenoxy) is 1. The third-order valence-corrected chi connectivity index (χ3v) is 2.87. The Morgan fingerprint density at radius 1 is 1.28 bits per heavy atom. The number of hydrogen-bond acceptors (Lipinski definition) is 4. The van der Waals surface area contributed by atoms with E-state index >= 15 is 0 Å². The van der Waals surface area contributed by atoms with Crippen LogP contribution in [-0.4, -0.2) is 4.98 Å². The normalized spacial score (nSPS) is 9.83. The van der Waals surface area contributed by atoms with Crippen molar-refractivity contribution in [3.8, 4) is 17.7 Å². The van der Waals surface area contributed by atoms with Gasteiger partial charge in [0, 0.05) is 12.3 Å². The van der Waals surface area contributed by atoms with Gasteiger partial charge in [0.1, 0.15) is 11.6 Å². The zero-order valence-electron chi connectivity index (χ0n) is 9.02. The number of halogens is 2. The van der Waals surface area contributed by atoms with Gasteiger partial charge in [0.15, 0.2) is 5.75 Å². The molecule has 0 amide bonds. The SMILES string of the molecule is N#Cc1cccnc1Oc1cc(Cl)c(Cl)cc1N. The number of nitrogen functional groups attached to an aromatic ring is 1. The first kappa shape index (κ1) is 12.5. The van der Waals surface area contributed by atoms with E-state index in [0.29, 0.717) is 27.0 Å². The summed E-state index contributed by atoms with van der Waals surface area (Å²) in [7, 11) is 0. The van der Waals surface area contributed by atoms with Crippen molar-refractivity contribution in [2.45, 2.75) is 0 Å². The van der Waals surface area contributed by atoms with Gasteiger partial charge in [-0.2, -0.15) is 5.26 Å². The fraction of sp³-hybridized carbons (Fsp3) is 0. The van der Waals surface area contributed by atoms with Crippen molar-refractivity contribution in [3.63, 3.8) is 0 Å². The number of nitrogens with zero attached hydrogens (tertiary/aromatic N) is 2. The summed E-state index contributed by atoms with van der Waals surface area (Å²) in [6, 6.07) is 8.17. The summed E-state index contributed by atoms with van der Waals surface area (Å²) in [5.74, 6) is 0.477. The molecule has 18 heavy (non-hydrogen) atoms. The first-order valence-electron chi connectivity index (χ1n) is 4.89. The zero-order valence-corrected chi connectivity index (χ0v) is 10.5. The minimum Gasteiger partial charge on any atom is -0.435 e. The molecule has 0 aliphatic rings. The van der Waals surface area contributed by atoms with Gasteiger partial charge in [0.2, 0.25) is 5.88 Å². The monoisotopic (exact) mass is 279 g/mol. The predicted molar refractivity (Wildman–Crippen MR) is 69.9 cm³/mol. The number of nitriles is 1. The van der Waals surface area contributed by atoms with Gasteiger partial charge in [-0.15, -0.1) is 0 Å². The Hall–Kier alpha value is -1.96. The molecule has 0 bridgehead atoms. The first-order chi connectivity index (χ1) is 8.61. The molecule has 4 nitrogen and oxygen atoms in total. The molecule has 0 spiro atoms. The summed E-state index contributed by atoms with van der Waals surface area (Å²) >= 11 is 11.7. The minimum atomic E-state index is 0.171. The molecule has 1 heterocycles. The Morgan fingerprint density at radius 3 is 2.72 bits per heavy atom. The Morgan fingerprint density at radius 2 is 2.00 bits per heavy atom. The standard InChI is InChI=1S/C12H7Cl2N3O/c13-8-4-10(16)11(5-9(8)14)18-12-7(6-15)2-1-3-17-12/h1-5H,16H2. The molecule has 2 N–H and O–H groups in total. The first-order valence-corrected chi connectivity index (χ1v) is 5.65. The molecule has 0 saturated heterocycles. The van der Waals surface area contributed by atoms with Crippen LogP contribution < -0.4 is 10.5 Å². The highest BCUT2D eigenvalue weighted by Gasteiger charge is 2.10. The van der Waals surface area contributed by atoms with Crippen molar-refractivity contribution in [1.29, 1.82) is 5.26 Å². The second-order valence-electron chi connectivity index (χ2n) is 3.37. The molecule has 0 aliphatic carbocycles. The molecule has 2 aromatic rings. The number of pyridine rings is 1. The van der Waals surface area contributed by atoms with Gasteiger partial charge < -0.3 is 10.5 Å². The molecular weight excluding hydrogens is 273 g/mol. The van der Waals surface area contributed by atoms with Crippen LogP contribution in [-0.2, 0) is 0 Å². The molecule has 0 saturated carbocycles. The van der Waals surface area contributed by atoms with Crippen molar-refractivity contribution >= 4 is 28.9 Å². The molecule has 90 valence electrons. The van der Waals surface area contributed by atoms with Crippen LogP contribution in [0.1, 0.15) is 5.56 Å². The van der Waals surface area contributed by atoms with Crippen molar-refractivity contribution in [2.75, 3.05) is 5.73 Å². The maximum atomic E-state index is 8.92. The van der Waals surface area contributed by atoms with Gasteiger partial charge >= 0.3 is 0 Å². The predicted octanol–water partition coefficient (Wildman–Crippen LogP) is 3.63. The lowest BCUT2D eigenvalue weighted by molar-refractivity contribution is 0.463. The highest BCUT2D eigenvalue weighted by atomic mass is 35.5. The van der Waals surface area contributed by atoms with E-state index in [9.17, 15) is 0 Å². The molecule has 0 unspecified atom stereocenters. The second kappa shape index (κ2) is 5.13. The fourth-order valence-electron chi connectivity index (χ4n) is 1.29. The van der Waals surface area contributed by atoms with Crippen LogP contribution >= 0.6 is 23.2 Å². The Labute approximate surface area is 114 Å². The molecular formula is C12H7Cl2N3O. The second-order valence-corrected chi connectivity index (χ2v) is 4.19. The maximum absolute atomic E-state index is 8.92. The Bertz CT molecular complexity index is 638. The lowest BCUT2D eigenvalue weighted by Crippen LogP contribution is -1.95. The highest BCUT2D eigenvalue weighted by Crippen LogP contribution is 2.35. The number of hydrogen-bond donors (Lipinski definition) is 1. The van der Waals surface area contributed by atoms with E-state index in [1.807, 2.05) is 6.07 Å². The van der Waals surface area contributed by atoms with Gasteiger partial charge in [-0.3, -0.25) is 0 Å². The van der Waals surface area contributed by atoms with E-state index in [0.717, 1.165) is 0 Å². The molecule has 0 radical (unpaired) electrons. The summed E-state index contributed by atoms with van der Waals surface area (Å²) in [6.45, 7) is 0. The average Bonchev–Trinajstić information content (AvgIpc) is 2.36. The fourth-order valence-corrected chi connectivity index (χ4v) is 1.62. The zero-order chi connectivity index (χ0) is 13.1. The molecule has 0 aliphatic heterocycles. The highest BCUT2D eigenvalue weighted by molar-refractivity contribution is 6.42. The van der Waals surface area contributed by atoms with E-state index in [1.165, 1.54) is 18.3 Å². The van der Waals surface area contributed by atoms with Crippen molar-refractivity contribution in [1.82, 2.24) is 4.98 Å². The van der Waals surface area contributed by atoms with Crippen molar-refractivity contribution in [2.24, 2.45) is 0 Å². The summed E-state index contributed by atoms with van der Waals surface area (Å²) in [6.07, 6.45) is 1.52. The Kier molecular flexibility index (Phi) is 3.56. The minimum absolute atomic E-state index is 0.171. The van der Waals surface area contributed by atoms with Gasteiger partial charge in [0.05, 0.1) is 15.7 Å². The average molecular weight is 280 g/mol. The number of anilines is 1. The van der Waals surface area contributed by atoms with Crippen LogP contribution in [0, 0.1) is 11.3 Å². The van der Waals surface area contributed by atoms with E-state index < -0.39 is 0 Å². The lowest BCUT2D eigenvalue weighted by Gasteiger charge is -2.09. The van der Waals surface area contributed by atoms with Crippen LogP contribution in [0.5, 0.6) is 11.6 Å². The van der Waals surface area contributed by atoms with Crippen LogP contribution in [0.25, 0.3) is 0 Å². The van der Waals surface area contributed by atoms with Crippen LogP contribution in [0.3, 0.4) is 0 Å². The molecule has 0 fully saturated rings. The van der Waals surface area contributed by atoms with Gasteiger partial charge in [-0.25, -0.2) is 4.98 Å². The number of aromatic nitrogens is 1. The van der Waals surface area contributed by atoms with Crippen LogP contribution in [0.15, 0.2) is 30.5 Å². The largest absolute Gasteiger partial charge is 0.435 e. The van der Waals surface area contributed by atoms with Crippen molar-refractivity contribution < 1.29 is 4.74 Å². The number of nitrogens with two attached hydrogens (primary N) is 1. The van der Waals surface area contributed by atoms with Gasteiger partial charge in [0.25, 0.3) is 0 Å². The molecule has 2 rings (SSSR count). The molecule has 6 heteroatoms. The topological polar surface area (TPSA) is 71.9 Å². The summed E-state index contributed by atoms with van der Waals surface area (Å²) in [5, 5.41) is 9.57. The van der Waals surface area contributed by atoms with Crippen LogP contribution in [0.2, 0.25) is 10.0 Å². The summed E-state index contributed by atoms with van der Waals surface area (Å²) in [4.78, 5) is 3.96. The molecule has 1 aromatic carbocycles.